The first-order chi connectivity index (χ1) is 9.45. The molecule has 3 nitrogen and oxygen atoms in total. The Hall–Kier alpha value is -0.320. The zero-order valence-corrected chi connectivity index (χ0v) is 13.3. The number of nitrogens with one attached hydrogen (secondary N) is 1. The molecule has 0 bridgehead atoms. The van der Waals surface area contributed by atoms with Crippen molar-refractivity contribution in [3.8, 4) is 0 Å². The Morgan fingerprint density at radius 1 is 1.30 bits per heavy atom. The van der Waals surface area contributed by atoms with E-state index in [0.29, 0.717) is 28.2 Å². The predicted octanol–water partition coefficient (Wildman–Crippen LogP) is 3.57. The molecule has 1 saturated heterocycles. The van der Waals surface area contributed by atoms with Gasteiger partial charge in [-0.2, -0.15) is 0 Å². The molecule has 1 aromatic carbocycles. The minimum absolute atomic E-state index is 0.257. The van der Waals surface area contributed by atoms with Crippen LogP contribution in [0.4, 0.5) is 0 Å². The highest BCUT2D eigenvalue weighted by Gasteiger charge is 2.24. The van der Waals surface area contributed by atoms with Crippen LogP contribution in [0.5, 0.6) is 0 Å². The smallest absolute Gasteiger partial charge is 0.0928 e. The molecule has 3 atom stereocenters. The summed E-state index contributed by atoms with van der Waals surface area (Å²) in [5, 5.41) is 14.7. The zero-order chi connectivity index (χ0) is 14.7. The second kappa shape index (κ2) is 7.10. The lowest BCUT2D eigenvalue weighted by molar-refractivity contribution is -0.0433. The van der Waals surface area contributed by atoms with Crippen molar-refractivity contribution in [3.63, 3.8) is 0 Å². The van der Waals surface area contributed by atoms with Crippen molar-refractivity contribution in [2.75, 3.05) is 6.54 Å². The molecule has 0 aliphatic carbocycles. The van der Waals surface area contributed by atoms with E-state index in [0.717, 1.165) is 12.8 Å². The quantitative estimate of drug-likeness (QED) is 0.892. The standard InChI is InChI=1S/C15H21Cl2NO2/c1-9-5-12(6-10(2)20-9)18-8-15(19)13-4-3-11(16)7-14(13)17/h3-4,7,9-10,12,15,18-19H,5-6,8H2,1-2H3. The second-order valence-electron chi connectivity index (χ2n) is 5.52. The molecule has 2 rings (SSSR count). The van der Waals surface area contributed by atoms with Gasteiger partial charge in [0.05, 0.1) is 18.3 Å². The summed E-state index contributed by atoms with van der Waals surface area (Å²) in [6, 6.07) is 5.53. The average Bonchev–Trinajstić information content (AvgIpc) is 2.35. The first-order valence-electron chi connectivity index (χ1n) is 6.97. The van der Waals surface area contributed by atoms with E-state index in [-0.39, 0.29) is 12.2 Å². The highest BCUT2D eigenvalue weighted by Crippen LogP contribution is 2.26. The normalized spacial score (nSPS) is 28.4. The molecular formula is C15H21Cl2NO2. The van der Waals surface area contributed by atoms with Crippen LogP contribution in [-0.2, 0) is 4.74 Å². The van der Waals surface area contributed by atoms with Gasteiger partial charge in [-0.3, -0.25) is 0 Å². The van der Waals surface area contributed by atoms with Crippen molar-refractivity contribution in [1.29, 1.82) is 0 Å². The lowest BCUT2D eigenvalue weighted by Crippen LogP contribution is -2.42. The first-order valence-corrected chi connectivity index (χ1v) is 7.73. The van der Waals surface area contributed by atoms with E-state index in [2.05, 4.69) is 19.2 Å². The molecule has 1 fully saturated rings. The molecule has 0 aromatic heterocycles. The summed E-state index contributed by atoms with van der Waals surface area (Å²) in [6.07, 6.45) is 1.81. The van der Waals surface area contributed by atoms with E-state index in [1.54, 1.807) is 18.2 Å². The molecule has 0 saturated carbocycles. The maximum atomic E-state index is 10.2. The number of rotatable bonds is 4. The fourth-order valence-electron chi connectivity index (χ4n) is 2.73. The molecule has 0 radical (unpaired) electrons. The van der Waals surface area contributed by atoms with Gasteiger partial charge in [0.15, 0.2) is 0 Å². The van der Waals surface area contributed by atoms with Crippen molar-refractivity contribution in [1.82, 2.24) is 5.32 Å². The van der Waals surface area contributed by atoms with Crippen LogP contribution < -0.4 is 5.32 Å². The number of aliphatic hydroxyl groups is 1. The van der Waals surface area contributed by atoms with Crippen molar-refractivity contribution in [2.45, 2.75) is 51.0 Å². The molecule has 1 aliphatic rings. The molecule has 3 unspecified atom stereocenters. The van der Waals surface area contributed by atoms with Crippen LogP contribution in [0.15, 0.2) is 18.2 Å². The number of aliphatic hydroxyl groups excluding tert-OH is 1. The Labute approximate surface area is 130 Å². The maximum absolute atomic E-state index is 10.2. The van der Waals surface area contributed by atoms with Gasteiger partial charge in [-0.25, -0.2) is 0 Å². The van der Waals surface area contributed by atoms with E-state index >= 15 is 0 Å². The van der Waals surface area contributed by atoms with Crippen LogP contribution in [-0.4, -0.2) is 29.9 Å². The molecule has 0 amide bonds. The van der Waals surface area contributed by atoms with Gasteiger partial charge >= 0.3 is 0 Å². The summed E-state index contributed by atoms with van der Waals surface area (Å²) in [6.45, 7) is 4.64. The summed E-state index contributed by atoms with van der Waals surface area (Å²) in [5.74, 6) is 0. The van der Waals surface area contributed by atoms with Crippen LogP contribution in [0.3, 0.4) is 0 Å². The summed E-state index contributed by atoms with van der Waals surface area (Å²) >= 11 is 12.0. The lowest BCUT2D eigenvalue weighted by Gasteiger charge is -2.33. The summed E-state index contributed by atoms with van der Waals surface area (Å²) in [4.78, 5) is 0. The maximum Gasteiger partial charge on any atom is 0.0928 e. The molecule has 1 aliphatic heterocycles. The Morgan fingerprint density at radius 2 is 1.95 bits per heavy atom. The van der Waals surface area contributed by atoms with Gasteiger partial charge in [0.2, 0.25) is 0 Å². The topological polar surface area (TPSA) is 41.5 Å². The van der Waals surface area contributed by atoms with E-state index in [9.17, 15) is 5.11 Å². The molecule has 1 aromatic rings. The summed E-state index contributed by atoms with van der Waals surface area (Å²) in [7, 11) is 0. The van der Waals surface area contributed by atoms with Crippen LogP contribution in [0, 0.1) is 0 Å². The van der Waals surface area contributed by atoms with Gasteiger partial charge in [-0.05, 0) is 38.8 Å². The SMILES string of the molecule is CC1CC(NCC(O)c2ccc(Cl)cc2Cl)CC(C)O1. The monoisotopic (exact) mass is 317 g/mol. The van der Waals surface area contributed by atoms with E-state index in [1.807, 2.05) is 0 Å². The Balaban J connectivity index is 1.90. The minimum atomic E-state index is -0.631. The molecule has 112 valence electrons. The van der Waals surface area contributed by atoms with Crippen molar-refractivity contribution < 1.29 is 9.84 Å². The van der Waals surface area contributed by atoms with Crippen molar-refractivity contribution >= 4 is 23.2 Å². The fraction of sp³-hybridized carbons (Fsp3) is 0.600. The Morgan fingerprint density at radius 3 is 2.55 bits per heavy atom. The largest absolute Gasteiger partial charge is 0.387 e. The fourth-order valence-corrected chi connectivity index (χ4v) is 3.27. The second-order valence-corrected chi connectivity index (χ2v) is 6.36. The minimum Gasteiger partial charge on any atom is -0.387 e. The number of benzene rings is 1. The molecule has 0 spiro atoms. The van der Waals surface area contributed by atoms with Crippen LogP contribution in [0.25, 0.3) is 0 Å². The van der Waals surface area contributed by atoms with Gasteiger partial charge in [-0.1, -0.05) is 29.3 Å². The summed E-state index contributed by atoms with van der Waals surface area (Å²) < 4.78 is 5.70. The van der Waals surface area contributed by atoms with Crippen molar-refractivity contribution in [2.24, 2.45) is 0 Å². The summed E-state index contributed by atoms with van der Waals surface area (Å²) in [5.41, 5.74) is 0.705. The predicted molar refractivity (Wildman–Crippen MR) is 82.5 cm³/mol. The number of halogens is 2. The first kappa shape index (κ1) is 16.1. The van der Waals surface area contributed by atoms with E-state index in [4.69, 9.17) is 27.9 Å². The van der Waals surface area contributed by atoms with Crippen LogP contribution >= 0.6 is 23.2 Å². The highest BCUT2D eigenvalue weighted by atomic mass is 35.5. The van der Waals surface area contributed by atoms with E-state index < -0.39 is 6.10 Å². The van der Waals surface area contributed by atoms with Crippen LogP contribution in [0.2, 0.25) is 10.0 Å². The molecule has 2 N–H and O–H groups in total. The number of hydrogen-bond acceptors (Lipinski definition) is 3. The van der Waals surface area contributed by atoms with Crippen molar-refractivity contribution in [3.05, 3.63) is 33.8 Å². The zero-order valence-electron chi connectivity index (χ0n) is 11.8. The molecular weight excluding hydrogens is 297 g/mol. The number of ether oxygens (including phenoxy) is 1. The van der Waals surface area contributed by atoms with E-state index in [1.165, 1.54) is 0 Å². The van der Waals surface area contributed by atoms with Gasteiger partial charge in [0.25, 0.3) is 0 Å². The molecule has 1 heterocycles. The third-order valence-electron chi connectivity index (χ3n) is 3.62. The molecule has 5 heteroatoms. The average molecular weight is 318 g/mol. The Bertz CT molecular complexity index is 445. The lowest BCUT2D eigenvalue weighted by atomic mass is 9.99. The van der Waals surface area contributed by atoms with Crippen LogP contribution in [0.1, 0.15) is 38.4 Å². The van der Waals surface area contributed by atoms with Gasteiger partial charge in [0, 0.05) is 28.2 Å². The van der Waals surface area contributed by atoms with Gasteiger partial charge in [0.1, 0.15) is 0 Å². The van der Waals surface area contributed by atoms with Gasteiger partial charge in [-0.15, -0.1) is 0 Å². The third kappa shape index (κ3) is 4.34. The highest BCUT2D eigenvalue weighted by molar-refractivity contribution is 6.35. The molecule has 20 heavy (non-hydrogen) atoms. The third-order valence-corrected chi connectivity index (χ3v) is 4.18. The Kier molecular flexibility index (Phi) is 5.70. The van der Waals surface area contributed by atoms with Gasteiger partial charge < -0.3 is 15.2 Å². The number of hydrogen-bond donors (Lipinski definition) is 2.